The van der Waals surface area contributed by atoms with E-state index in [4.69, 9.17) is 5.73 Å². The summed E-state index contributed by atoms with van der Waals surface area (Å²) in [6.07, 6.45) is 10.7. The lowest BCUT2D eigenvalue weighted by molar-refractivity contribution is 0.516. The maximum Gasteiger partial charge on any atom is 0.0993 e. The van der Waals surface area contributed by atoms with Crippen molar-refractivity contribution in [2.45, 2.75) is 71.4 Å². The third-order valence-corrected chi connectivity index (χ3v) is 3.12. The van der Waals surface area contributed by atoms with Crippen LogP contribution < -0.4 is 5.73 Å². The van der Waals surface area contributed by atoms with Gasteiger partial charge in [0.05, 0.1) is 17.9 Å². The Hall–Kier alpha value is -0.900. The monoisotopic (exact) mass is 238 g/mol. The highest BCUT2D eigenvalue weighted by Crippen LogP contribution is 2.10. The molecule has 0 aliphatic rings. The second-order valence-electron chi connectivity index (χ2n) is 4.69. The molecule has 2 N–H and O–H groups in total. The largest absolute Gasteiger partial charge is 0.323 e. The zero-order chi connectivity index (χ0) is 12.5. The number of hydrogen-bond acceptors (Lipinski definition) is 3. The van der Waals surface area contributed by atoms with Crippen LogP contribution in [0.1, 0.15) is 70.5 Å². The first-order valence-corrected chi connectivity index (χ1v) is 6.93. The molecule has 0 aliphatic carbocycles. The lowest BCUT2D eigenvalue weighted by Gasteiger charge is -2.02. The molecule has 0 aliphatic heterocycles. The highest BCUT2D eigenvalue weighted by atomic mass is 15.4. The number of aromatic nitrogens is 3. The fourth-order valence-corrected chi connectivity index (χ4v) is 1.86. The van der Waals surface area contributed by atoms with Crippen LogP contribution in [0.25, 0.3) is 0 Å². The molecule has 0 saturated carbocycles. The number of rotatable bonds is 9. The van der Waals surface area contributed by atoms with E-state index in [2.05, 4.69) is 24.2 Å². The molecule has 0 aromatic carbocycles. The van der Waals surface area contributed by atoms with Crippen molar-refractivity contribution in [2.75, 3.05) is 0 Å². The van der Waals surface area contributed by atoms with Crippen molar-refractivity contribution in [3.63, 3.8) is 0 Å². The van der Waals surface area contributed by atoms with Gasteiger partial charge in [0.25, 0.3) is 0 Å². The smallest absolute Gasteiger partial charge is 0.0993 e. The molecule has 0 amide bonds. The highest BCUT2D eigenvalue weighted by molar-refractivity contribution is 4.98. The van der Waals surface area contributed by atoms with Crippen molar-refractivity contribution < 1.29 is 0 Å². The van der Waals surface area contributed by atoms with Crippen LogP contribution in [0.15, 0.2) is 6.20 Å². The number of hydrogen-bond donors (Lipinski definition) is 1. The molecule has 0 saturated heterocycles. The van der Waals surface area contributed by atoms with Crippen LogP contribution in [-0.2, 0) is 6.54 Å². The summed E-state index contributed by atoms with van der Waals surface area (Å²) in [6, 6.07) is 0.0355. The Balaban J connectivity index is 2.16. The Labute approximate surface area is 105 Å². The van der Waals surface area contributed by atoms with E-state index in [1.807, 2.05) is 10.9 Å². The van der Waals surface area contributed by atoms with Crippen LogP contribution in [-0.4, -0.2) is 15.0 Å². The Bertz CT molecular complexity index is 295. The molecule has 1 aromatic heterocycles. The Morgan fingerprint density at radius 2 is 1.88 bits per heavy atom. The van der Waals surface area contributed by atoms with Crippen molar-refractivity contribution in [3.05, 3.63) is 11.9 Å². The van der Waals surface area contributed by atoms with E-state index in [0.29, 0.717) is 0 Å². The summed E-state index contributed by atoms with van der Waals surface area (Å²) in [5.41, 5.74) is 6.82. The second-order valence-corrected chi connectivity index (χ2v) is 4.69. The van der Waals surface area contributed by atoms with E-state index in [1.54, 1.807) is 0 Å². The van der Waals surface area contributed by atoms with Gasteiger partial charge in [-0.1, -0.05) is 51.2 Å². The number of unbranched alkanes of at least 4 members (excludes halogenated alkanes) is 5. The minimum atomic E-state index is 0.0355. The Morgan fingerprint density at radius 3 is 2.59 bits per heavy atom. The van der Waals surface area contributed by atoms with E-state index in [9.17, 15) is 0 Å². The molecule has 0 bridgehead atoms. The molecule has 17 heavy (non-hydrogen) atoms. The van der Waals surface area contributed by atoms with Gasteiger partial charge in [0.2, 0.25) is 0 Å². The van der Waals surface area contributed by atoms with Crippen LogP contribution in [0.2, 0.25) is 0 Å². The first kappa shape index (κ1) is 14.2. The van der Waals surface area contributed by atoms with Gasteiger partial charge in [-0.15, -0.1) is 5.10 Å². The Kier molecular flexibility index (Phi) is 6.86. The van der Waals surface area contributed by atoms with Gasteiger partial charge in [0.15, 0.2) is 0 Å². The molecule has 1 unspecified atom stereocenters. The molecule has 1 aromatic rings. The molecule has 1 atom stereocenters. The normalized spacial score (nSPS) is 12.9. The quantitative estimate of drug-likeness (QED) is 0.673. The topological polar surface area (TPSA) is 56.7 Å². The molecule has 0 spiro atoms. The summed E-state index contributed by atoms with van der Waals surface area (Å²) in [5, 5.41) is 8.21. The van der Waals surface area contributed by atoms with E-state index in [0.717, 1.165) is 18.7 Å². The maximum atomic E-state index is 5.90. The molecule has 98 valence electrons. The van der Waals surface area contributed by atoms with Crippen LogP contribution in [0.3, 0.4) is 0 Å². The van der Waals surface area contributed by atoms with E-state index in [-0.39, 0.29) is 6.04 Å². The third-order valence-electron chi connectivity index (χ3n) is 3.12. The average Bonchev–Trinajstić information content (AvgIpc) is 2.81. The van der Waals surface area contributed by atoms with Crippen molar-refractivity contribution >= 4 is 0 Å². The molecule has 0 fully saturated rings. The second kappa shape index (κ2) is 8.23. The molecule has 4 heteroatoms. The standard InChI is InChI=1S/C13H26N4/c1-3-5-6-7-8-9-10-17-11-13(15-16-17)12(14)4-2/h11-12H,3-10,14H2,1-2H3. The van der Waals surface area contributed by atoms with Crippen LogP contribution >= 0.6 is 0 Å². The van der Waals surface area contributed by atoms with Crippen LogP contribution in [0.4, 0.5) is 0 Å². The maximum absolute atomic E-state index is 5.90. The predicted molar refractivity (Wildman–Crippen MR) is 70.6 cm³/mol. The lowest BCUT2D eigenvalue weighted by atomic mass is 10.1. The number of aryl methyl sites for hydroxylation is 1. The Morgan fingerprint density at radius 1 is 1.18 bits per heavy atom. The first-order valence-electron chi connectivity index (χ1n) is 6.93. The lowest BCUT2D eigenvalue weighted by Crippen LogP contribution is -2.08. The summed E-state index contributed by atoms with van der Waals surface area (Å²) in [7, 11) is 0. The van der Waals surface area contributed by atoms with Gasteiger partial charge < -0.3 is 5.73 Å². The van der Waals surface area contributed by atoms with Crippen molar-refractivity contribution in [2.24, 2.45) is 5.73 Å². The van der Waals surface area contributed by atoms with E-state index >= 15 is 0 Å². The summed E-state index contributed by atoms with van der Waals surface area (Å²) in [4.78, 5) is 0. The average molecular weight is 238 g/mol. The third kappa shape index (κ3) is 5.31. The molecular formula is C13H26N4. The van der Waals surface area contributed by atoms with E-state index in [1.165, 1.54) is 38.5 Å². The summed E-state index contributed by atoms with van der Waals surface area (Å²) < 4.78 is 1.92. The molecule has 0 radical (unpaired) electrons. The number of nitrogens with two attached hydrogens (primary N) is 1. The van der Waals surface area contributed by atoms with Gasteiger partial charge in [-0.2, -0.15) is 0 Å². The van der Waals surface area contributed by atoms with Gasteiger partial charge in [0, 0.05) is 6.54 Å². The van der Waals surface area contributed by atoms with E-state index < -0.39 is 0 Å². The molecular weight excluding hydrogens is 212 g/mol. The zero-order valence-electron chi connectivity index (χ0n) is 11.2. The minimum absolute atomic E-state index is 0.0355. The fourth-order valence-electron chi connectivity index (χ4n) is 1.86. The van der Waals surface area contributed by atoms with Gasteiger partial charge in [-0.3, -0.25) is 4.68 Å². The molecule has 1 heterocycles. The van der Waals surface area contributed by atoms with Crippen molar-refractivity contribution in [1.29, 1.82) is 0 Å². The zero-order valence-corrected chi connectivity index (χ0v) is 11.2. The van der Waals surface area contributed by atoms with Gasteiger partial charge in [-0.25, -0.2) is 0 Å². The number of nitrogens with zero attached hydrogens (tertiary/aromatic N) is 3. The first-order chi connectivity index (χ1) is 8.27. The molecule has 4 nitrogen and oxygen atoms in total. The fraction of sp³-hybridized carbons (Fsp3) is 0.846. The summed E-state index contributed by atoms with van der Waals surface area (Å²) in [6.45, 7) is 5.28. The predicted octanol–water partition coefficient (Wildman–Crippen LogP) is 3.05. The SMILES string of the molecule is CCCCCCCCn1cc(C(N)CC)nn1. The summed E-state index contributed by atoms with van der Waals surface area (Å²) >= 11 is 0. The van der Waals surface area contributed by atoms with Crippen LogP contribution in [0.5, 0.6) is 0 Å². The van der Waals surface area contributed by atoms with Crippen molar-refractivity contribution in [3.8, 4) is 0 Å². The van der Waals surface area contributed by atoms with Gasteiger partial charge >= 0.3 is 0 Å². The van der Waals surface area contributed by atoms with Crippen molar-refractivity contribution in [1.82, 2.24) is 15.0 Å². The highest BCUT2D eigenvalue weighted by Gasteiger charge is 2.07. The molecule has 1 rings (SSSR count). The minimum Gasteiger partial charge on any atom is -0.323 e. The van der Waals surface area contributed by atoms with Crippen LogP contribution in [0, 0.1) is 0 Å². The van der Waals surface area contributed by atoms with Gasteiger partial charge in [-0.05, 0) is 12.8 Å². The summed E-state index contributed by atoms with van der Waals surface area (Å²) in [5.74, 6) is 0. The van der Waals surface area contributed by atoms with Gasteiger partial charge in [0.1, 0.15) is 0 Å².